The van der Waals surface area contributed by atoms with Gasteiger partial charge in [0.1, 0.15) is 0 Å². The van der Waals surface area contributed by atoms with Crippen molar-refractivity contribution in [1.29, 1.82) is 0 Å². The third kappa shape index (κ3) is 10.4. The molecule has 0 spiro atoms. The monoisotopic (exact) mass is 1340 g/mol. The van der Waals surface area contributed by atoms with E-state index in [1.165, 1.54) is 0 Å². The Labute approximate surface area is 592 Å². The van der Waals surface area contributed by atoms with Gasteiger partial charge in [-0.15, -0.1) is 0 Å². The fourth-order valence-corrected chi connectivity index (χ4v) is 15.0. The number of rotatable bonds is 4. The normalized spacial score (nSPS) is 13.2. The summed E-state index contributed by atoms with van der Waals surface area (Å²) in [5.41, 5.74) is 37.5. The molecular formula is C88H58N16. The molecule has 8 N–H and O–H groups in total. The summed E-state index contributed by atoms with van der Waals surface area (Å²) in [6.07, 6.45) is 33.3. The van der Waals surface area contributed by atoms with Crippen molar-refractivity contribution in [3.8, 4) is 44.5 Å². The van der Waals surface area contributed by atoms with Crippen LogP contribution in [0, 0.1) is 13.8 Å². The van der Waals surface area contributed by atoms with Gasteiger partial charge >= 0.3 is 0 Å². The number of fused-ring (bicyclic) bond motifs is 32. The van der Waals surface area contributed by atoms with Gasteiger partial charge in [0.2, 0.25) is 0 Å². The summed E-state index contributed by atoms with van der Waals surface area (Å²) in [7, 11) is 0. The summed E-state index contributed by atoms with van der Waals surface area (Å²) in [6, 6.07) is 59.1. The highest BCUT2D eigenvalue weighted by molar-refractivity contribution is 6.04. The fraction of sp³-hybridized carbons (Fsp3) is 0.0227. The van der Waals surface area contributed by atoms with Gasteiger partial charge in [-0.2, -0.15) is 0 Å². The lowest BCUT2D eigenvalue weighted by Gasteiger charge is -2.08. The molecule has 8 aliphatic heterocycles. The highest BCUT2D eigenvalue weighted by atomic mass is 14.8. The molecule has 16 nitrogen and oxygen atoms in total. The number of hydrogen-bond acceptors (Lipinski definition) is 8. The predicted octanol–water partition coefficient (Wildman–Crippen LogP) is 20.8. The molecule has 1 aromatic carbocycles. The van der Waals surface area contributed by atoms with E-state index in [9.17, 15) is 0 Å². The smallest absolute Gasteiger partial charge is 0.0738 e. The Balaban J connectivity index is 0.682. The van der Waals surface area contributed by atoms with Crippen molar-refractivity contribution in [2.45, 2.75) is 13.8 Å². The number of H-pyrrole nitrogens is 8. The average Bonchev–Trinajstić information content (AvgIpc) is 1.61. The Morgan fingerprint density at radius 2 is 0.346 bits per heavy atom. The van der Waals surface area contributed by atoms with Gasteiger partial charge in [0.05, 0.1) is 91.1 Å². The van der Waals surface area contributed by atoms with Crippen LogP contribution in [0.4, 0.5) is 0 Å². The average molecular weight is 1340 g/mol. The van der Waals surface area contributed by atoms with Gasteiger partial charge in [-0.3, -0.25) is 0 Å². The fourth-order valence-electron chi connectivity index (χ4n) is 15.0. The van der Waals surface area contributed by atoms with Crippen LogP contribution >= 0.6 is 0 Å². The van der Waals surface area contributed by atoms with Crippen LogP contribution in [0.3, 0.4) is 0 Å². The van der Waals surface area contributed by atoms with Crippen LogP contribution in [0.1, 0.15) is 102 Å². The van der Waals surface area contributed by atoms with Crippen molar-refractivity contribution in [3.63, 3.8) is 0 Å². The van der Waals surface area contributed by atoms with Crippen molar-refractivity contribution in [1.82, 2.24) is 79.7 Å². The SMILES string of the molecule is Cc1c2nc(cc3ccc([nH]3)c(-c3c4nc(cc5ccc([nH]5)c(-c5ccc(-c6c7nc(cc8ccc([nH]8)c(-c8c9nc(cc%10ccc([nH]%10)c(C)c%10nc(cc%11ccc8[nH]%11)C=C%10)C=C9)c8nc(cc9ccc6[nH]9)C=C8)C=C7)cc5)c5nc(cc6ccc3[nH]6)C=C5)C=C4)c3nc(cc4ccc1[nH]4)C=C3)C=C2. The molecule has 16 heteroatoms. The van der Waals surface area contributed by atoms with Crippen LogP contribution in [0.25, 0.3) is 230 Å². The van der Waals surface area contributed by atoms with E-state index in [4.69, 9.17) is 39.9 Å². The van der Waals surface area contributed by atoms with Crippen molar-refractivity contribution < 1.29 is 0 Å². The Morgan fingerprint density at radius 1 is 0.173 bits per heavy atom. The summed E-state index contributed by atoms with van der Waals surface area (Å²) in [5, 5.41) is 0. The molecule has 0 aliphatic carbocycles. The van der Waals surface area contributed by atoms with Gasteiger partial charge in [-0.25, -0.2) is 39.9 Å². The highest BCUT2D eigenvalue weighted by Crippen LogP contribution is 2.41. The van der Waals surface area contributed by atoms with Crippen molar-refractivity contribution >= 4 is 185 Å². The first kappa shape index (κ1) is 58.6. The molecule has 0 atom stereocenters. The third-order valence-corrected chi connectivity index (χ3v) is 20.1. The van der Waals surface area contributed by atoms with E-state index in [1.54, 1.807) is 0 Å². The largest absolute Gasteiger partial charge is 0.355 e. The quantitative estimate of drug-likeness (QED) is 0.0843. The van der Waals surface area contributed by atoms with Crippen LogP contribution in [-0.4, -0.2) is 79.7 Å². The molecule has 0 amide bonds. The van der Waals surface area contributed by atoms with Crippen LogP contribution < -0.4 is 0 Å². The van der Waals surface area contributed by atoms with Gasteiger partial charge in [0, 0.05) is 122 Å². The summed E-state index contributed by atoms with van der Waals surface area (Å²) in [5.74, 6) is 0. The first-order chi connectivity index (χ1) is 51.1. The van der Waals surface area contributed by atoms with E-state index in [2.05, 4.69) is 321 Å². The molecule has 13 aromatic rings. The Hall–Kier alpha value is -14.4. The van der Waals surface area contributed by atoms with E-state index in [-0.39, 0.29) is 0 Å². The molecule has 32 bridgehead atoms. The molecule has 21 rings (SSSR count). The molecule has 0 unspecified atom stereocenters. The molecule has 0 fully saturated rings. The summed E-state index contributed by atoms with van der Waals surface area (Å²) in [4.78, 5) is 71.9. The lowest BCUT2D eigenvalue weighted by Crippen LogP contribution is -1.90. The minimum Gasteiger partial charge on any atom is -0.355 e. The number of hydrogen-bond donors (Lipinski definition) is 8. The van der Waals surface area contributed by atoms with Gasteiger partial charge in [0.25, 0.3) is 0 Å². The summed E-state index contributed by atoms with van der Waals surface area (Å²) >= 11 is 0. The van der Waals surface area contributed by atoms with E-state index in [0.29, 0.717) is 0 Å². The predicted molar refractivity (Wildman–Crippen MR) is 427 cm³/mol. The maximum Gasteiger partial charge on any atom is 0.0738 e. The molecule has 8 aliphatic rings. The zero-order valence-corrected chi connectivity index (χ0v) is 56.0. The van der Waals surface area contributed by atoms with Crippen molar-refractivity contribution in [2.24, 2.45) is 0 Å². The molecule has 20 heterocycles. The Kier molecular flexibility index (Phi) is 13.0. The van der Waals surface area contributed by atoms with E-state index in [1.807, 2.05) is 0 Å². The minimum absolute atomic E-state index is 0.787. The van der Waals surface area contributed by atoms with Crippen LogP contribution in [0.5, 0.6) is 0 Å². The maximum absolute atomic E-state index is 5.39. The first-order valence-corrected chi connectivity index (χ1v) is 34.6. The number of aromatic amines is 8. The van der Waals surface area contributed by atoms with E-state index in [0.717, 1.165) is 235 Å². The minimum atomic E-state index is 0.787. The zero-order chi connectivity index (χ0) is 68.7. The molecule has 490 valence electrons. The lowest BCUT2D eigenvalue weighted by molar-refractivity contribution is 1.27. The third-order valence-electron chi connectivity index (χ3n) is 20.1. The van der Waals surface area contributed by atoms with E-state index >= 15 is 0 Å². The van der Waals surface area contributed by atoms with Crippen molar-refractivity contribution in [2.75, 3.05) is 0 Å². The molecular weight excluding hydrogens is 1280 g/mol. The summed E-state index contributed by atoms with van der Waals surface area (Å²) < 4.78 is 0. The topological polar surface area (TPSA) is 229 Å². The molecule has 0 saturated heterocycles. The Morgan fingerprint density at radius 3 is 0.577 bits per heavy atom. The molecule has 12 aromatic heterocycles. The van der Waals surface area contributed by atoms with Gasteiger partial charge < -0.3 is 39.9 Å². The maximum atomic E-state index is 5.39. The first-order valence-electron chi connectivity index (χ1n) is 34.6. The van der Waals surface area contributed by atoms with Crippen molar-refractivity contribution in [3.05, 3.63) is 272 Å². The highest BCUT2D eigenvalue weighted by Gasteiger charge is 2.23. The molecule has 0 radical (unpaired) electrons. The molecule has 104 heavy (non-hydrogen) atoms. The zero-order valence-electron chi connectivity index (χ0n) is 56.0. The number of aryl methyl sites for hydroxylation is 2. The summed E-state index contributed by atoms with van der Waals surface area (Å²) in [6.45, 7) is 4.19. The number of aromatic nitrogens is 16. The number of benzene rings is 1. The van der Waals surface area contributed by atoms with Gasteiger partial charge in [0.15, 0.2) is 0 Å². The lowest BCUT2D eigenvalue weighted by atomic mass is 9.98. The van der Waals surface area contributed by atoms with Gasteiger partial charge in [-0.1, -0.05) is 24.3 Å². The van der Waals surface area contributed by atoms with Crippen LogP contribution in [0.2, 0.25) is 0 Å². The van der Waals surface area contributed by atoms with Crippen LogP contribution in [-0.2, 0) is 0 Å². The number of nitrogens with zero attached hydrogens (tertiary/aromatic N) is 8. The Bertz CT molecular complexity index is 6590. The van der Waals surface area contributed by atoms with E-state index < -0.39 is 0 Å². The second kappa shape index (κ2) is 23.1. The second-order valence-electron chi connectivity index (χ2n) is 26.9. The van der Waals surface area contributed by atoms with Gasteiger partial charge in [-0.05, 0) is 279 Å². The van der Waals surface area contributed by atoms with Crippen LogP contribution in [0.15, 0.2) is 170 Å². The second-order valence-corrected chi connectivity index (χ2v) is 26.9. The standard InChI is InChI=1S/C88H58N16/c1-47-67-23-7-51(89-67)39-59-15-31-75(97-59)85(76-32-16-60(98-76)40-52-8-24-68(47)90-52)87-79-35-19-63(101-79)43-55-11-27-71(93-55)83(72-28-12-56(94-72)44-64-20-36-80(87)102-64)49-3-5-50(6-4-49)84-73-29-13-57(95-73)45-65-21-37-81(103-65)88(82-38-22-66(104-82)46-58-14-30-74(84)96-58)86-77-33-17-61(99-77)41-53-9-25-69(91-53)48(2)70-26-10-54(92-70)42-62-18-34-78(86)100-62/h3-46,89,91,93,95,98,100,102,104H,1-2H3. The molecule has 0 saturated carbocycles. The number of nitrogens with one attached hydrogen (secondary N) is 8.